The summed E-state index contributed by atoms with van der Waals surface area (Å²) in [6, 6.07) is 11.3. The van der Waals surface area contributed by atoms with Crippen LogP contribution in [0, 0.1) is 0 Å². The van der Waals surface area contributed by atoms with Crippen LogP contribution in [0.25, 0.3) is 11.1 Å². The monoisotopic (exact) mass is 384 g/mol. The minimum absolute atomic E-state index is 0.0412. The first-order chi connectivity index (χ1) is 13.1. The molecule has 1 amide bonds. The number of amides is 1. The van der Waals surface area contributed by atoms with Crippen LogP contribution in [0.1, 0.15) is 45.2 Å². The smallest absolute Gasteiger partial charge is 0.410 e. The van der Waals surface area contributed by atoms with Crippen molar-refractivity contribution in [3.05, 3.63) is 58.5 Å². The van der Waals surface area contributed by atoms with E-state index in [1.165, 1.54) is 0 Å². The summed E-state index contributed by atoms with van der Waals surface area (Å²) in [6.07, 6.45) is 2.37. The Morgan fingerprint density at radius 1 is 1.14 bits per heavy atom. The molecule has 6 heteroatoms. The zero-order valence-corrected chi connectivity index (χ0v) is 16.9. The molecule has 28 heavy (non-hydrogen) atoms. The zero-order chi connectivity index (χ0) is 20.5. The van der Waals surface area contributed by atoms with Crippen molar-refractivity contribution in [2.24, 2.45) is 7.05 Å². The van der Waals surface area contributed by atoms with Crippen molar-refractivity contribution in [3.8, 4) is 11.1 Å². The minimum atomic E-state index is -0.852. The van der Waals surface area contributed by atoms with Crippen molar-refractivity contribution in [1.82, 2.24) is 9.47 Å². The van der Waals surface area contributed by atoms with Crippen molar-refractivity contribution >= 4 is 6.09 Å². The van der Waals surface area contributed by atoms with E-state index in [0.717, 1.165) is 16.7 Å². The Morgan fingerprint density at radius 3 is 2.36 bits per heavy atom. The lowest BCUT2D eigenvalue weighted by Crippen LogP contribution is -2.45. The van der Waals surface area contributed by atoms with Crippen LogP contribution in [0.4, 0.5) is 4.79 Å². The van der Waals surface area contributed by atoms with Crippen molar-refractivity contribution in [2.75, 3.05) is 6.54 Å². The summed E-state index contributed by atoms with van der Waals surface area (Å²) in [7, 11) is 1.73. The highest BCUT2D eigenvalue weighted by Gasteiger charge is 2.33. The van der Waals surface area contributed by atoms with E-state index >= 15 is 0 Å². The standard InChI is InChI=1S/C22H28N2O4/c1-15(24-12-11-19(28-21(24)26)13-22(2,3)27)16-5-7-17(8-6-16)18-9-10-20(25)23(4)14-18/h5-10,14-15,19,27H,11-13H2,1-4H3. The molecule has 1 saturated heterocycles. The normalized spacial score (nSPS) is 18.7. The van der Waals surface area contributed by atoms with Gasteiger partial charge in [-0.25, -0.2) is 4.79 Å². The van der Waals surface area contributed by atoms with E-state index < -0.39 is 5.60 Å². The second-order valence-electron chi connectivity index (χ2n) is 8.17. The maximum Gasteiger partial charge on any atom is 0.410 e. The van der Waals surface area contributed by atoms with E-state index in [0.29, 0.717) is 19.4 Å². The van der Waals surface area contributed by atoms with Gasteiger partial charge in [-0.1, -0.05) is 24.3 Å². The SMILES string of the molecule is CC(c1ccc(-c2ccc(=O)n(C)c2)cc1)N1CCC(CC(C)(C)O)OC1=O. The number of nitrogens with zero attached hydrogens (tertiary/aromatic N) is 2. The molecule has 150 valence electrons. The van der Waals surface area contributed by atoms with Crippen LogP contribution in [-0.2, 0) is 11.8 Å². The molecule has 1 aromatic carbocycles. The molecule has 3 rings (SSSR count). The van der Waals surface area contributed by atoms with Crippen LogP contribution in [0.3, 0.4) is 0 Å². The van der Waals surface area contributed by atoms with Gasteiger partial charge in [-0.2, -0.15) is 0 Å². The number of carbonyl (C=O) groups is 1. The Bertz CT molecular complexity index is 896. The predicted octanol–water partition coefficient (Wildman–Crippen LogP) is 3.49. The van der Waals surface area contributed by atoms with Crippen LogP contribution < -0.4 is 5.56 Å². The average molecular weight is 384 g/mol. The molecule has 0 aliphatic carbocycles. The summed E-state index contributed by atoms with van der Waals surface area (Å²) in [5, 5.41) is 9.94. The maximum absolute atomic E-state index is 12.5. The number of benzene rings is 1. The van der Waals surface area contributed by atoms with Gasteiger partial charge in [0.2, 0.25) is 5.56 Å². The first kappa shape index (κ1) is 20.1. The second kappa shape index (κ2) is 7.80. The lowest BCUT2D eigenvalue weighted by Gasteiger charge is -2.37. The van der Waals surface area contributed by atoms with E-state index in [9.17, 15) is 14.7 Å². The molecule has 1 fully saturated rings. The summed E-state index contributed by atoms with van der Waals surface area (Å²) < 4.78 is 7.08. The third-order valence-electron chi connectivity index (χ3n) is 5.20. The van der Waals surface area contributed by atoms with Crippen molar-refractivity contribution < 1.29 is 14.6 Å². The van der Waals surface area contributed by atoms with Gasteiger partial charge in [0.1, 0.15) is 6.10 Å². The average Bonchev–Trinajstić information content (AvgIpc) is 2.62. The number of cyclic esters (lactones) is 1. The number of hydrogen-bond acceptors (Lipinski definition) is 4. The fourth-order valence-corrected chi connectivity index (χ4v) is 3.59. The molecule has 2 atom stereocenters. The van der Waals surface area contributed by atoms with Gasteiger partial charge in [-0.3, -0.25) is 4.79 Å². The van der Waals surface area contributed by atoms with E-state index in [1.807, 2.05) is 43.5 Å². The molecule has 1 aromatic heterocycles. The minimum Gasteiger partial charge on any atom is -0.446 e. The molecular formula is C22H28N2O4. The number of aliphatic hydroxyl groups is 1. The maximum atomic E-state index is 12.5. The Labute approximate surface area is 165 Å². The number of carbonyl (C=O) groups excluding carboxylic acids is 1. The largest absolute Gasteiger partial charge is 0.446 e. The van der Waals surface area contributed by atoms with Crippen LogP contribution in [0.5, 0.6) is 0 Å². The molecule has 2 heterocycles. The Hall–Kier alpha value is -2.60. The van der Waals surface area contributed by atoms with Gasteiger partial charge >= 0.3 is 6.09 Å². The van der Waals surface area contributed by atoms with Gasteiger partial charge in [0.15, 0.2) is 0 Å². The molecule has 0 saturated carbocycles. The summed E-state index contributed by atoms with van der Waals surface area (Å²) >= 11 is 0. The molecule has 0 spiro atoms. The molecule has 1 aliphatic rings. The lowest BCUT2D eigenvalue weighted by molar-refractivity contribution is -0.0309. The van der Waals surface area contributed by atoms with Gasteiger partial charge < -0.3 is 19.3 Å². The Kier molecular flexibility index (Phi) is 5.61. The number of pyridine rings is 1. The molecule has 0 bridgehead atoms. The summed E-state index contributed by atoms with van der Waals surface area (Å²) in [5.41, 5.74) is 2.10. The predicted molar refractivity (Wildman–Crippen MR) is 108 cm³/mol. The third kappa shape index (κ3) is 4.62. The first-order valence-corrected chi connectivity index (χ1v) is 9.61. The third-order valence-corrected chi connectivity index (χ3v) is 5.20. The number of rotatable bonds is 5. The summed E-state index contributed by atoms with van der Waals surface area (Å²) in [6.45, 7) is 6.03. The lowest BCUT2D eigenvalue weighted by atomic mass is 9.97. The molecule has 2 unspecified atom stereocenters. The quantitative estimate of drug-likeness (QED) is 0.857. The molecule has 0 radical (unpaired) electrons. The van der Waals surface area contributed by atoms with Crippen LogP contribution >= 0.6 is 0 Å². The first-order valence-electron chi connectivity index (χ1n) is 9.61. The number of hydrogen-bond donors (Lipinski definition) is 1. The highest BCUT2D eigenvalue weighted by Crippen LogP contribution is 2.29. The Balaban J connectivity index is 1.69. The van der Waals surface area contributed by atoms with E-state index in [1.54, 1.807) is 36.4 Å². The topological polar surface area (TPSA) is 71.8 Å². The van der Waals surface area contributed by atoms with Gasteiger partial charge in [-0.05, 0) is 43.5 Å². The van der Waals surface area contributed by atoms with Gasteiger partial charge in [-0.15, -0.1) is 0 Å². The van der Waals surface area contributed by atoms with Crippen molar-refractivity contribution in [3.63, 3.8) is 0 Å². The Morgan fingerprint density at radius 2 is 1.79 bits per heavy atom. The summed E-state index contributed by atoms with van der Waals surface area (Å²) in [4.78, 5) is 25.7. The second-order valence-corrected chi connectivity index (χ2v) is 8.17. The van der Waals surface area contributed by atoms with Crippen LogP contribution in [0.2, 0.25) is 0 Å². The molecule has 1 N–H and O–H groups in total. The molecule has 6 nitrogen and oxygen atoms in total. The number of ether oxygens (including phenoxy) is 1. The van der Waals surface area contributed by atoms with Crippen LogP contribution in [-0.4, -0.2) is 38.9 Å². The molecule has 1 aliphatic heterocycles. The number of aryl methyl sites for hydroxylation is 1. The fourth-order valence-electron chi connectivity index (χ4n) is 3.59. The van der Waals surface area contributed by atoms with E-state index in [4.69, 9.17) is 4.74 Å². The zero-order valence-electron chi connectivity index (χ0n) is 16.9. The molecule has 2 aromatic rings. The van der Waals surface area contributed by atoms with Gasteiger partial charge in [0, 0.05) is 38.7 Å². The van der Waals surface area contributed by atoms with Gasteiger partial charge in [0.05, 0.1) is 11.6 Å². The molecular weight excluding hydrogens is 356 g/mol. The number of aromatic nitrogens is 1. The highest BCUT2D eigenvalue weighted by molar-refractivity contribution is 5.69. The summed E-state index contributed by atoms with van der Waals surface area (Å²) in [5.74, 6) is 0. The van der Waals surface area contributed by atoms with Crippen molar-refractivity contribution in [2.45, 2.75) is 51.4 Å². The van der Waals surface area contributed by atoms with E-state index in [2.05, 4.69) is 0 Å². The van der Waals surface area contributed by atoms with E-state index in [-0.39, 0.29) is 23.8 Å². The highest BCUT2D eigenvalue weighted by atomic mass is 16.6. The fraction of sp³-hybridized carbons (Fsp3) is 0.455. The van der Waals surface area contributed by atoms with Crippen LogP contribution in [0.15, 0.2) is 47.4 Å². The van der Waals surface area contributed by atoms with Crippen molar-refractivity contribution in [1.29, 1.82) is 0 Å². The van der Waals surface area contributed by atoms with Gasteiger partial charge in [0.25, 0.3) is 0 Å².